The van der Waals surface area contributed by atoms with Crippen LogP contribution in [0.3, 0.4) is 0 Å². The van der Waals surface area contributed by atoms with Gasteiger partial charge in [-0.2, -0.15) is 0 Å². The molecule has 0 aromatic carbocycles. The average Bonchev–Trinajstić information content (AvgIpc) is 2.51. The molecule has 6 heteroatoms. The van der Waals surface area contributed by atoms with Crippen molar-refractivity contribution in [3.8, 4) is 0 Å². The first kappa shape index (κ1) is 14.3. The maximum absolute atomic E-state index is 11.9. The van der Waals surface area contributed by atoms with E-state index < -0.39 is 5.60 Å². The second-order valence-corrected chi connectivity index (χ2v) is 7.34. The summed E-state index contributed by atoms with van der Waals surface area (Å²) in [5.41, 5.74) is -0.446. The third-order valence-corrected chi connectivity index (χ3v) is 4.02. The predicted octanol–water partition coefficient (Wildman–Crippen LogP) is 1.82. The van der Waals surface area contributed by atoms with Gasteiger partial charge in [-0.05, 0) is 20.8 Å². The van der Waals surface area contributed by atoms with Crippen molar-refractivity contribution >= 4 is 28.7 Å². The lowest BCUT2D eigenvalue weighted by Gasteiger charge is -2.30. The number of carbonyl (C=O) groups is 1. The molecule has 2 aliphatic rings. The van der Waals surface area contributed by atoms with Gasteiger partial charge in [-0.3, -0.25) is 0 Å². The number of likely N-dealkylation sites (tertiary alicyclic amines) is 1. The Bertz CT molecular complexity index is 314. The molecule has 2 atom stereocenters. The van der Waals surface area contributed by atoms with Crippen molar-refractivity contribution in [2.24, 2.45) is 0 Å². The molecule has 0 saturated carbocycles. The fourth-order valence-corrected chi connectivity index (χ4v) is 2.75. The molecule has 2 unspecified atom stereocenters. The van der Waals surface area contributed by atoms with Gasteiger partial charge in [-0.15, -0.1) is 0 Å². The Morgan fingerprint density at radius 3 is 2.50 bits per heavy atom. The standard InChI is InChI=1S/C12H20INO4/c1-12(2,3)18-11(15)14-4-9(13)10(5-14)17-8-6-16-7-8/h8-10H,4-7H2,1-3H3. The van der Waals surface area contributed by atoms with E-state index in [1.165, 1.54) is 0 Å². The van der Waals surface area contributed by atoms with Gasteiger partial charge in [0.05, 0.1) is 29.8 Å². The summed E-state index contributed by atoms with van der Waals surface area (Å²) in [6, 6.07) is 0. The molecular weight excluding hydrogens is 349 g/mol. The Balaban J connectivity index is 1.83. The van der Waals surface area contributed by atoms with E-state index in [4.69, 9.17) is 14.2 Å². The molecule has 0 bridgehead atoms. The van der Waals surface area contributed by atoms with Crippen molar-refractivity contribution in [1.82, 2.24) is 4.90 Å². The Kier molecular flexibility index (Phi) is 4.38. The second kappa shape index (κ2) is 5.50. The first-order chi connectivity index (χ1) is 8.35. The van der Waals surface area contributed by atoms with Crippen molar-refractivity contribution in [3.05, 3.63) is 0 Å². The van der Waals surface area contributed by atoms with Crippen molar-refractivity contribution in [3.63, 3.8) is 0 Å². The lowest BCUT2D eigenvalue weighted by molar-refractivity contribution is -0.149. The van der Waals surface area contributed by atoms with Crippen LogP contribution in [0.25, 0.3) is 0 Å². The minimum Gasteiger partial charge on any atom is -0.444 e. The molecule has 2 aliphatic heterocycles. The zero-order valence-corrected chi connectivity index (χ0v) is 13.2. The van der Waals surface area contributed by atoms with E-state index in [-0.39, 0.29) is 18.3 Å². The Morgan fingerprint density at radius 2 is 2.00 bits per heavy atom. The largest absolute Gasteiger partial charge is 0.444 e. The molecule has 0 aromatic heterocycles. The number of hydrogen-bond donors (Lipinski definition) is 0. The maximum Gasteiger partial charge on any atom is 0.410 e. The highest BCUT2D eigenvalue weighted by atomic mass is 127. The van der Waals surface area contributed by atoms with Crippen LogP contribution in [-0.4, -0.2) is 59.0 Å². The molecule has 1 amide bonds. The topological polar surface area (TPSA) is 48.0 Å². The third-order valence-electron chi connectivity index (χ3n) is 2.82. The summed E-state index contributed by atoms with van der Waals surface area (Å²) in [7, 11) is 0. The van der Waals surface area contributed by atoms with E-state index in [9.17, 15) is 4.79 Å². The second-order valence-electron chi connectivity index (χ2n) is 5.74. The maximum atomic E-state index is 11.9. The Labute approximate surface area is 121 Å². The molecule has 0 aliphatic carbocycles. The van der Waals surface area contributed by atoms with Crippen LogP contribution in [0.2, 0.25) is 0 Å². The van der Waals surface area contributed by atoms with Crippen LogP contribution < -0.4 is 0 Å². The van der Waals surface area contributed by atoms with Gasteiger partial charge in [0.15, 0.2) is 0 Å². The molecular formula is C12H20INO4. The van der Waals surface area contributed by atoms with E-state index in [2.05, 4.69) is 22.6 Å². The summed E-state index contributed by atoms with van der Waals surface area (Å²) >= 11 is 2.34. The molecule has 18 heavy (non-hydrogen) atoms. The molecule has 5 nitrogen and oxygen atoms in total. The van der Waals surface area contributed by atoms with Crippen molar-refractivity contribution < 1.29 is 19.0 Å². The SMILES string of the molecule is CC(C)(C)OC(=O)N1CC(I)C(OC2COC2)C1. The molecule has 0 spiro atoms. The lowest BCUT2D eigenvalue weighted by Crippen LogP contribution is -2.42. The number of carbonyl (C=O) groups excluding carboxylic acids is 1. The summed E-state index contributed by atoms with van der Waals surface area (Å²) in [6.07, 6.45) is 0.0398. The van der Waals surface area contributed by atoms with Gasteiger partial charge in [0, 0.05) is 6.54 Å². The van der Waals surface area contributed by atoms with Crippen molar-refractivity contribution in [2.45, 2.75) is 42.5 Å². The van der Waals surface area contributed by atoms with E-state index in [0.29, 0.717) is 30.2 Å². The highest BCUT2D eigenvalue weighted by molar-refractivity contribution is 14.1. The minimum atomic E-state index is -0.446. The Morgan fingerprint density at radius 1 is 1.33 bits per heavy atom. The molecule has 104 valence electrons. The number of ether oxygens (including phenoxy) is 3. The summed E-state index contributed by atoms with van der Waals surface area (Å²) < 4.78 is 16.7. The number of halogens is 1. The van der Waals surface area contributed by atoms with Crippen LogP contribution in [0, 0.1) is 0 Å². The number of amides is 1. The summed E-state index contributed by atoms with van der Waals surface area (Å²) in [6.45, 7) is 8.28. The van der Waals surface area contributed by atoms with E-state index in [0.717, 1.165) is 0 Å². The van der Waals surface area contributed by atoms with E-state index in [1.54, 1.807) is 4.90 Å². The minimum absolute atomic E-state index is 0.0898. The average molecular weight is 369 g/mol. The van der Waals surface area contributed by atoms with Crippen LogP contribution in [0.5, 0.6) is 0 Å². The van der Waals surface area contributed by atoms with Crippen LogP contribution in [0.4, 0.5) is 4.79 Å². The van der Waals surface area contributed by atoms with E-state index >= 15 is 0 Å². The zero-order valence-electron chi connectivity index (χ0n) is 11.0. The van der Waals surface area contributed by atoms with Gasteiger partial charge in [0.25, 0.3) is 0 Å². The van der Waals surface area contributed by atoms with Gasteiger partial charge in [-0.1, -0.05) is 22.6 Å². The fraction of sp³-hybridized carbons (Fsp3) is 0.917. The lowest BCUT2D eigenvalue weighted by atomic mass is 10.2. The predicted molar refractivity (Wildman–Crippen MR) is 75.1 cm³/mol. The summed E-state index contributed by atoms with van der Waals surface area (Å²) in [5.74, 6) is 0. The van der Waals surface area contributed by atoms with E-state index in [1.807, 2.05) is 20.8 Å². The molecule has 2 heterocycles. The van der Waals surface area contributed by atoms with Crippen LogP contribution >= 0.6 is 22.6 Å². The normalized spacial score (nSPS) is 29.2. The summed E-state index contributed by atoms with van der Waals surface area (Å²) in [5, 5.41) is 0. The van der Waals surface area contributed by atoms with Gasteiger partial charge < -0.3 is 19.1 Å². The van der Waals surface area contributed by atoms with Gasteiger partial charge in [0.1, 0.15) is 11.7 Å². The molecule has 0 aromatic rings. The molecule has 0 radical (unpaired) electrons. The first-order valence-electron chi connectivity index (χ1n) is 6.20. The van der Waals surface area contributed by atoms with Gasteiger partial charge >= 0.3 is 6.09 Å². The highest BCUT2D eigenvalue weighted by Crippen LogP contribution is 2.25. The smallest absolute Gasteiger partial charge is 0.410 e. The molecule has 2 saturated heterocycles. The van der Waals surface area contributed by atoms with Crippen LogP contribution in [-0.2, 0) is 14.2 Å². The van der Waals surface area contributed by atoms with Gasteiger partial charge in [-0.25, -0.2) is 4.79 Å². The van der Waals surface area contributed by atoms with Crippen molar-refractivity contribution in [2.75, 3.05) is 26.3 Å². The van der Waals surface area contributed by atoms with Crippen LogP contribution in [0.1, 0.15) is 20.8 Å². The molecule has 2 fully saturated rings. The number of nitrogens with zero attached hydrogens (tertiary/aromatic N) is 1. The first-order valence-corrected chi connectivity index (χ1v) is 7.45. The van der Waals surface area contributed by atoms with Gasteiger partial charge in [0.2, 0.25) is 0 Å². The number of alkyl halides is 1. The zero-order chi connectivity index (χ0) is 13.3. The Hall–Kier alpha value is -0.0800. The quantitative estimate of drug-likeness (QED) is 0.551. The monoisotopic (exact) mass is 369 g/mol. The highest BCUT2D eigenvalue weighted by Gasteiger charge is 2.38. The molecule has 0 N–H and O–H groups in total. The number of rotatable bonds is 2. The van der Waals surface area contributed by atoms with Crippen molar-refractivity contribution in [1.29, 1.82) is 0 Å². The third kappa shape index (κ3) is 3.71. The fourth-order valence-electron chi connectivity index (χ4n) is 1.88. The number of hydrogen-bond acceptors (Lipinski definition) is 4. The summed E-state index contributed by atoms with van der Waals surface area (Å²) in [4.78, 5) is 13.7. The molecule has 2 rings (SSSR count). The van der Waals surface area contributed by atoms with Crippen LogP contribution in [0.15, 0.2) is 0 Å².